The fraction of sp³-hybridized carbons (Fsp3) is 0.562. The highest BCUT2D eigenvalue weighted by molar-refractivity contribution is 5.98. The highest BCUT2D eigenvalue weighted by Gasteiger charge is 2.27. The van der Waals surface area contributed by atoms with E-state index in [4.69, 9.17) is 10.5 Å². The summed E-state index contributed by atoms with van der Waals surface area (Å²) < 4.78 is 5.29. The molecule has 1 aliphatic heterocycles. The molecule has 0 aliphatic carbocycles. The summed E-state index contributed by atoms with van der Waals surface area (Å²) in [5.41, 5.74) is 7.26. The monoisotopic (exact) mass is 276 g/mol. The van der Waals surface area contributed by atoms with Crippen molar-refractivity contribution in [2.45, 2.75) is 33.1 Å². The predicted molar refractivity (Wildman–Crippen MR) is 80.9 cm³/mol. The fourth-order valence-electron chi connectivity index (χ4n) is 2.75. The van der Waals surface area contributed by atoms with Crippen molar-refractivity contribution in [3.63, 3.8) is 0 Å². The molecular formula is C16H24N2O2. The molecule has 0 saturated carbocycles. The molecule has 1 aromatic carbocycles. The van der Waals surface area contributed by atoms with Crippen molar-refractivity contribution in [2.75, 3.05) is 25.9 Å². The summed E-state index contributed by atoms with van der Waals surface area (Å²) in [5, 5.41) is 0. The third kappa shape index (κ3) is 3.06. The highest BCUT2D eigenvalue weighted by atomic mass is 16.5. The summed E-state index contributed by atoms with van der Waals surface area (Å²) in [6, 6.07) is 5.33. The van der Waals surface area contributed by atoms with Gasteiger partial charge >= 0.3 is 0 Å². The number of carbonyl (C=O) groups is 1. The van der Waals surface area contributed by atoms with Crippen molar-refractivity contribution in [1.29, 1.82) is 0 Å². The Morgan fingerprint density at radius 1 is 1.30 bits per heavy atom. The SMILES string of the molecule is COc1c(N)cccc1C(=O)N1CCCC(C)(C)CC1. The lowest BCUT2D eigenvalue weighted by Crippen LogP contribution is -2.32. The van der Waals surface area contributed by atoms with Gasteiger partial charge in [-0.2, -0.15) is 0 Å². The number of carbonyl (C=O) groups excluding carboxylic acids is 1. The first-order valence-corrected chi connectivity index (χ1v) is 7.16. The topological polar surface area (TPSA) is 55.6 Å². The van der Waals surface area contributed by atoms with E-state index in [1.165, 1.54) is 0 Å². The number of ether oxygens (including phenoxy) is 1. The number of anilines is 1. The molecule has 1 saturated heterocycles. The summed E-state index contributed by atoms with van der Waals surface area (Å²) in [6.07, 6.45) is 3.23. The summed E-state index contributed by atoms with van der Waals surface area (Å²) in [4.78, 5) is 14.6. The molecule has 0 bridgehead atoms. The third-order valence-corrected chi connectivity index (χ3v) is 4.11. The van der Waals surface area contributed by atoms with Gasteiger partial charge in [0.2, 0.25) is 0 Å². The molecule has 1 amide bonds. The quantitative estimate of drug-likeness (QED) is 0.845. The zero-order chi connectivity index (χ0) is 14.8. The Bertz CT molecular complexity index is 497. The lowest BCUT2D eigenvalue weighted by Gasteiger charge is -2.24. The van der Waals surface area contributed by atoms with Crippen molar-refractivity contribution < 1.29 is 9.53 Å². The molecule has 20 heavy (non-hydrogen) atoms. The Hall–Kier alpha value is -1.71. The molecule has 2 N–H and O–H groups in total. The van der Waals surface area contributed by atoms with E-state index in [0.717, 1.165) is 32.4 Å². The molecule has 0 spiro atoms. The Kier molecular flexibility index (Phi) is 4.21. The Morgan fingerprint density at radius 3 is 2.75 bits per heavy atom. The molecule has 0 atom stereocenters. The van der Waals surface area contributed by atoms with Gasteiger partial charge < -0.3 is 15.4 Å². The summed E-state index contributed by atoms with van der Waals surface area (Å²) in [5.74, 6) is 0.507. The first-order valence-electron chi connectivity index (χ1n) is 7.16. The summed E-state index contributed by atoms with van der Waals surface area (Å²) >= 11 is 0. The summed E-state index contributed by atoms with van der Waals surface area (Å²) in [7, 11) is 1.55. The van der Waals surface area contributed by atoms with Gasteiger partial charge in [-0.05, 0) is 36.8 Å². The van der Waals surface area contributed by atoms with E-state index in [2.05, 4.69) is 13.8 Å². The molecule has 1 aliphatic rings. The van der Waals surface area contributed by atoms with Crippen molar-refractivity contribution in [3.05, 3.63) is 23.8 Å². The van der Waals surface area contributed by atoms with Gasteiger partial charge in [-0.15, -0.1) is 0 Å². The number of hydrogen-bond acceptors (Lipinski definition) is 3. The second-order valence-corrected chi connectivity index (χ2v) is 6.24. The maximum absolute atomic E-state index is 12.7. The van der Waals surface area contributed by atoms with Crippen LogP contribution in [0.1, 0.15) is 43.5 Å². The normalized spacial score (nSPS) is 18.4. The lowest BCUT2D eigenvalue weighted by atomic mass is 9.85. The minimum Gasteiger partial charge on any atom is -0.494 e. The first kappa shape index (κ1) is 14.7. The van der Waals surface area contributed by atoms with Crippen LogP contribution >= 0.6 is 0 Å². The van der Waals surface area contributed by atoms with Crippen molar-refractivity contribution in [3.8, 4) is 5.75 Å². The Labute approximate surface area is 120 Å². The van der Waals surface area contributed by atoms with Gasteiger partial charge in [0, 0.05) is 13.1 Å². The molecular weight excluding hydrogens is 252 g/mol. The fourth-order valence-corrected chi connectivity index (χ4v) is 2.75. The van der Waals surface area contributed by atoms with E-state index >= 15 is 0 Å². The van der Waals surface area contributed by atoms with Crippen LogP contribution in [0.2, 0.25) is 0 Å². The van der Waals surface area contributed by atoms with Crippen LogP contribution in [0.25, 0.3) is 0 Å². The van der Waals surface area contributed by atoms with E-state index in [9.17, 15) is 4.79 Å². The van der Waals surface area contributed by atoms with E-state index in [0.29, 0.717) is 22.4 Å². The van der Waals surface area contributed by atoms with Crippen molar-refractivity contribution in [2.24, 2.45) is 5.41 Å². The minimum absolute atomic E-state index is 0.0202. The number of para-hydroxylation sites is 1. The van der Waals surface area contributed by atoms with Crippen LogP contribution in [0.3, 0.4) is 0 Å². The minimum atomic E-state index is 0.0202. The number of amides is 1. The van der Waals surface area contributed by atoms with Crippen LogP contribution in [0, 0.1) is 5.41 Å². The van der Waals surface area contributed by atoms with E-state index in [1.807, 2.05) is 4.90 Å². The zero-order valence-electron chi connectivity index (χ0n) is 12.6. The number of nitrogens with zero attached hydrogens (tertiary/aromatic N) is 1. The van der Waals surface area contributed by atoms with Crippen LogP contribution in [-0.2, 0) is 0 Å². The molecule has 0 aromatic heterocycles. The van der Waals surface area contributed by atoms with E-state index in [1.54, 1.807) is 25.3 Å². The number of rotatable bonds is 2. The molecule has 4 nitrogen and oxygen atoms in total. The maximum Gasteiger partial charge on any atom is 0.257 e. The molecule has 1 heterocycles. The summed E-state index contributed by atoms with van der Waals surface area (Å²) in [6.45, 7) is 6.13. The highest BCUT2D eigenvalue weighted by Crippen LogP contribution is 2.32. The number of benzene rings is 1. The number of nitrogen functional groups attached to an aromatic ring is 1. The van der Waals surface area contributed by atoms with Crippen LogP contribution in [0.4, 0.5) is 5.69 Å². The number of hydrogen-bond donors (Lipinski definition) is 1. The average molecular weight is 276 g/mol. The van der Waals surface area contributed by atoms with Crippen molar-refractivity contribution >= 4 is 11.6 Å². The maximum atomic E-state index is 12.7. The standard InChI is InChI=1S/C16H24N2O2/c1-16(2)8-5-10-18(11-9-16)15(19)12-6-4-7-13(17)14(12)20-3/h4,6-7H,5,8-11,17H2,1-3H3. The van der Waals surface area contributed by atoms with Crippen LogP contribution in [0.5, 0.6) is 5.75 Å². The number of likely N-dealkylation sites (tertiary alicyclic amines) is 1. The predicted octanol–water partition coefficient (Wildman–Crippen LogP) is 2.93. The van der Waals surface area contributed by atoms with E-state index in [-0.39, 0.29) is 5.91 Å². The van der Waals surface area contributed by atoms with E-state index < -0.39 is 0 Å². The van der Waals surface area contributed by atoms with Crippen LogP contribution in [-0.4, -0.2) is 31.0 Å². The first-order chi connectivity index (χ1) is 9.44. The molecule has 1 aromatic rings. The molecule has 1 fully saturated rings. The largest absolute Gasteiger partial charge is 0.494 e. The molecule has 0 radical (unpaired) electrons. The van der Waals surface area contributed by atoms with Gasteiger partial charge in [0.05, 0.1) is 18.4 Å². The lowest BCUT2D eigenvalue weighted by molar-refractivity contribution is 0.0754. The molecule has 110 valence electrons. The van der Waals surface area contributed by atoms with Gasteiger partial charge in [-0.1, -0.05) is 19.9 Å². The smallest absolute Gasteiger partial charge is 0.257 e. The van der Waals surface area contributed by atoms with Crippen LogP contribution in [0.15, 0.2) is 18.2 Å². The Balaban J connectivity index is 2.21. The van der Waals surface area contributed by atoms with Gasteiger partial charge in [-0.3, -0.25) is 4.79 Å². The second-order valence-electron chi connectivity index (χ2n) is 6.24. The Morgan fingerprint density at radius 2 is 2.05 bits per heavy atom. The van der Waals surface area contributed by atoms with Gasteiger partial charge in [-0.25, -0.2) is 0 Å². The van der Waals surface area contributed by atoms with Crippen molar-refractivity contribution in [1.82, 2.24) is 4.90 Å². The third-order valence-electron chi connectivity index (χ3n) is 4.11. The zero-order valence-corrected chi connectivity index (χ0v) is 12.6. The average Bonchev–Trinajstić information content (AvgIpc) is 2.58. The number of nitrogens with two attached hydrogens (primary N) is 1. The van der Waals surface area contributed by atoms with Crippen LogP contribution < -0.4 is 10.5 Å². The van der Waals surface area contributed by atoms with Gasteiger partial charge in [0.1, 0.15) is 0 Å². The second kappa shape index (κ2) is 5.73. The molecule has 0 unspecified atom stereocenters. The van der Waals surface area contributed by atoms with Gasteiger partial charge in [0.15, 0.2) is 5.75 Å². The van der Waals surface area contributed by atoms with Gasteiger partial charge in [0.25, 0.3) is 5.91 Å². The molecule has 2 rings (SSSR count). The molecule has 4 heteroatoms. The number of methoxy groups -OCH3 is 1.